The maximum Gasteiger partial charge on any atom is 0.0151 e. The molecule has 0 atom stereocenters. The molecule has 2 N–H and O–H groups in total. The lowest BCUT2D eigenvalue weighted by atomic mass is 10.1. The number of rotatable bonds is 4. The zero-order chi connectivity index (χ0) is 11.2. The first-order valence-corrected chi connectivity index (χ1v) is 6.37. The molecular weight excluding hydrogens is 250 g/mol. The van der Waals surface area contributed by atoms with Crippen molar-refractivity contribution in [3.8, 4) is 11.1 Å². The molecule has 17 heavy (non-hydrogen) atoms. The van der Waals surface area contributed by atoms with Crippen LogP contribution in [-0.4, -0.2) is 12.3 Å². The molecule has 0 heterocycles. The summed E-state index contributed by atoms with van der Waals surface area (Å²) in [6, 6.07) is 18.9. The van der Waals surface area contributed by atoms with Gasteiger partial charge in [-0.3, -0.25) is 0 Å². The Morgan fingerprint density at radius 1 is 0.882 bits per heavy atom. The summed E-state index contributed by atoms with van der Waals surface area (Å²) in [7, 11) is 0. The Labute approximate surface area is 113 Å². The van der Waals surface area contributed by atoms with Gasteiger partial charge in [-0.1, -0.05) is 48.5 Å². The minimum Gasteiger partial charge on any atom is -0.330 e. The van der Waals surface area contributed by atoms with Crippen molar-refractivity contribution in [3.05, 3.63) is 54.6 Å². The molecular formula is C14H16ClNS. The van der Waals surface area contributed by atoms with E-state index in [-0.39, 0.29) is 12.4 Å². The fraction of sp³-hybridized carbons (Fsp3) is 0.143. The van der Waals surface area contributed by atoms with Gasteiger partial charge in [0, 0.05) is 17.2 Å². The highest BCUT2D eigenvalue weighted by molar-refractivity contribution is 7.99. The molecule has 0 aromatic heterocycles. The summed E-state index contributed by atoms with van der Waals surface area (Å²) < 4.78 is 0. The fourth-order valence-electron chi connectivity index (χ4n) is 1.62. The topological polar surface area (TPSA) is 26.0 Å². The third-order valence-corrected chi connectivity index (χ3v) is 3.45. The van der Waals surface area contributed by atoms with Crippen LogP contribution in [0.15, 0.2) is 59.5 Å². The Kier molecular flexibility index (Phi) is 6.12. The normalized spacial score (nSPS) is 9.71. The third kappa shape index (κ3) is 3.77. The molecule has 0 amide bonds. The zero-order valence-electron chi connectivity index (χ0n) is 9.50. The summed E-state index contributed by atoms with van der Waals surface area (Å²) in [4.78, 5) is 1.30. The van der Waals surface area contributed by atoms with Gasteiger partial charge in [0.15, 0.2) is 0 Å². The molecule has 0 fully saturated rings. The number of nitrogens with two attached hydrogens (primary N) is 1. The molecule has 3 heteroatoms. The minimum atomic E-state index is 0. The van der Waals surface area contributed by atoms with E-state index in [1.807, 2.05) is 17.8 Å². The van der Waals surface area contributed by atoms with Crippen LogP contribution in [-0.2, 0) is 0 Å². The molecule has 2 aromatic rings. The highest BCUT2D eigenvalue weighted by Gasteiger charge is 2.03. The molecule has 0 aliphatic rings. The van der Waals surface area contributed by atoms with Gasteiger partial charge in [0.05, 0.1) is 0 Å². The lowest BCUT2D eigenvalue weighted by Crippen LogP contribution is -2.01. The van der Waals surface area contributed by atoms with E-state index in [0.717, 1.165) is 5.75 Å². The van der Waals surface area contributed by atoms with Crippen molar-refractivity contribution in [2.75, 3.05) is 12.3 Å². The smallest absolute Gasteiger partial charge is 0.0151 e. The average molecular weight is 266 g/mol. The van der Waals surface area contributed by atoms with Crippen LogP contribution >= 0.6 is 24.2 Å². The summed E-state index contributed by atoms with van der Waals surface area (Å²) in [6.45, 7) is 0.716. The minimum absolute atomic E-state index is 0. The number of thioether (sulfide) groups is 1. The van der Waals surface area contributed by atoms with Gasteiger partial charge < -0.3 is 5.73 Å². The molecule has 0 saturated carbocycles. The van der Waals surface area contributed by atoms with Gasteiger partial charge in [-0.2, -0.15) is 0 Å². The van der Waals surface area contributed by atoms with E-state index >= 15 is 0 Å². The van der Waals surface area contributed by atoms with Gasteiger partial charge in [0.1, 0.15) is 0 Å². The molecule has 0 radical (unpaired) electrons. The first-order chi connectivity index (χ1) is 7.92. The van der Waals surface area contributed by atoms with Crippen LogP contribution in [0.5, 0.6) is 0 Å². The second kappa shape index (κ2) is 7.38. The first-order valence-electron chi connectivity index (χ1n) is 5.39. The predicted molar refractivity (Wildman–Crippen MR) is 78.9 cm³/mol. The second-order valence-electron chi connectivity index (χ2n) is 3.50. The second-order valence-corrected chi connectivity index (χ2v) is 4.64. The number of benzene rings is 2. The van der Waals surface area contributed by atoms with Crippen LogP contribution in [0, 0.1) is 0 Å². The summed E-state index contributed by atoms with van der Waals surface area (Å²) >= 11 is 1.82. The van der Waals surface area contributed by atoms with Crippen LogP contribution < -0.4 is 5.73 Å². The van der Waals surface area contributed by atoms with E-state index in [1.165, 1.54) is 16.0 Å². The molecule has 0 unspecified atom stereocenters. The van der Waals surface area contributed by atoms with E-state index in [1.54, 1.807) is 0 Å². The van der Waals surface area contributed by atoms with Gasteiger partial charge in [-0.05, 0) is 17.2 Å². The zero-order valence-corrected chi connectivity index (χ0v) is 11.1. The number of halogens is 1. The largest absolute Gasteiger partial charge is 0.330 e. The Morgan fingerprint density at radius 3 is 2.24 bits per heavy atom. The molecule has 2 rings (SSSR count). The van der Waals surface area contributed by atoms with Gasteiger partial charge in [-0.15, -0.1) is 24.2 Å². The van der Waals surface area contributed by atoms with Gasteiger partial charge >= 0.3 is 0 Å². The van der Waals surface area contributed by atoms with Crippen molar-refractivity contribution in [3.63, 3.8) is 0 Å². The van der Waals surface area contributed by atoms with E-state index < -0.39 is 0 Å². The molecule has 1 nitrogen and oxygen atoms in total. The maximum absolute atomic E-state index is 5.54. The Hall–Kier alpha value is -0.960. The average Bonchev–Trinajstić information content (AvgIpc) is 2.38. The maximum atomic E-state index is 5.54. The van der Waals surface area contributed by atoms with Crippen molar-refractivity contribution >= 4 is 24.2 Å². The van der Waals surface area contributed by atoms with Crippen molar-refractivity contribution in [2.45, 2.75) is 4.90 Å². The monoisotopic (exact) mass is 265 g/mol. The van der Waals surface area contributed by atoms with E-state index in [2.05, 4.69) is 48.5 Å². The Bertz CT molecular complexity index is 445. The van der Waals surface area contributed by atoms with E-state index in [9.17, 15) is 0 Å². The van der Waals surface area contributed by atoms with Gasteiger partial charge in [-0.25, -0.2) is 0 Å². The molecule has 90 valence electrons. The molecule has 0 aliphatic carbocycles. The summed E-state index contributed by atoms with van der Waals surface area (Å²) in [5.41, 5.74) is 8.10. The van der Waals surface area contributed by atoms with Gasteiger partial charge in [0.2, 0.25) is 0 Å². The predicted octanol–water partition coefficient (Wildman–Crippen LogP) is 3.83. The van der Waals surface area contributed by atoms with Crippen LogP contribution in [0.4, 0.5) is 0 Å². The van der Waals surface area contributed by atoms with Gasteiger partial charge in [0.25, 0.3) is 0 Å². The highest BCUT2D eigenvalue weighted by atomic mass is 35.5. The fourth-order valence-corrected chi connectivity index (χ4v) is 2.47. The standard InChI is InChI=1S/C14H15NS.ClH/c15-10-11-16-14-9-5-4-8-13(14)12-6-2-1-3-7-12;/h1-9H,10-11,15H2;1H. The SMILES string of the molecule is Cl.NCCSc1ccccc1-c1ccccc1. The molecule has 2 aromatic carbocycles. The van der Waals surface area contributed by atoms with Crippen LogP contribution in [0.3, 0.4) is 0 Å². The van der Waals surface area contributed by atoms with E-state index in [0.29, 0.717) is 6.54 Å². The number of hydrogen-bond donors (Lipinski definition) is 1. The highest BCUT2D eigenvalue weighted by Crippen LogP contribution is 2.30. The quantitative estimate of drug-likeness (QED) is 0.851. The lowest BCUT2D eigenvalue weighted by molar-refractivity contribution is 1.15. The first kappa shape index (κ1) is 14.1. The van der Waals surface area contributed by atoms with Crippen LogP contribution in [0.1, 0.15) is 0 Å². The Morgan fingerprint density at radius 2 is 1.53 bits per heavy atom. The molecule has 0 spiro atoms. The summed E-state index contributed by atoms with van der Waals surface area (Å²) in [6.07, 6.45) is 0. The molecule has 0 bridgehead atoms. The Balaban J connectivity index is 0.00000144. The molecule has 0 aliphatic heterocycles. The molecule has 0 saturated heterocycles. The third-order valence-electron chi connectivity index (χ3n) is 2.35. The van der Waals surface area contributed by atoms with Crippen LogP contribution in [0.25, 0.3) is 11.1 Å². The summed E-state index contributed by atoms with van der Waals surface area (Å²) in [5, 5.41) is 0. The summed E-state index contributed by atoms with van der Waals surface area (Å²) in [5.74, 6) is 0.962. The van der Waals surface area contributed by atoms with Crippen molar-refractivity contribution < 1.29 is 0 Å². The van der Waals surface area contributed by atoms with Crippen molar-refractivity contribution in [2.24, 2.45) is 5.73 Å². The van der Waals surface area contributed by atoms with Crippen molar-refractivity contribution in [1.82, 2.24) is 0 Å². The number of hydrogen-bond acceptors (Lipinski definition) is 2. The van der Waals surface area contributed by atoms with E-state index in [4.69, 9.17) is 5.73 Å². The lowest BCUT2D eigenvalue weighted by Gasteiger charge is -2.08. The van der Waals surface area contributed by atoms with Crippen molar-refractivity contribution in [1.29, 1.82) is 0 Å². The van der Waals surface area contributed by atoms with Crippen LogP contribution in [0.2, 0.25) is 0 Å².